The lowest BCUT2D eigenvalue weighted by molar-refractivity contribution is -0.117. The fourth-order valence-electron chi connectivity index (χ4n) is 4.34. The number of imidazole rings is 1. The molecule has 0 bridgehead atoms. The molecule has 1 amide bonds. The molecule has 0 N–H and O–H groups in total. The van der Waals surface area contributed by atoms with Crippen LogP contribution in [-0.4, -0.2) is 22.0 Å². The van der Waals surface area contributed by atoms with Gasteiger partial charge < -0.3 is 9.47 Å². The van der Waals surface area contributed by atoms with Gasteiger partial charge in [-0.05, 0) is 48.9 Å². The molecule has 1 aliphatic heterocycles. The molecule has 1 aromatic heterocycles. The van der Waals surface area contributed by atoms with Gasteiger partial charge in [0.2, 0.25) is 5.91 Å². The summed E-state index contributed by atoms with van der Waals surface area (Å²) in [5.41, 5.74) is 4.15. The van der Waals surface area contributed by atoms with Gasteiger partial charge in [0, 0.05) is 35.2 Å². The van der Waals surface area contributed by atoms with Crippen LogP contribution in [0.5, 0.6) is 0 Å². The first-order valence-electron chi connectivity index (χ1n) is 10.3. The summed E-state index contributed by atoms with van der Waals surface area (Å²) in [6.07, 6.45) is 0.363. The average molecular weight is 434 g/mol. The van der Waals surface area contributed by atoms with Crippen LogP contribution in [0, 0.1) is 12.7 Å². The Morgan fingerprint density at radius 1 is 1.10 bits per heavy atom. The van der Waals surface area contributed by atoms with Crippen molar-refractivity contribution >= 4 is 34.2 Å². The van der Waals surface area contributed by atoms with E-state index in [1.54, 1.807) is 12.1 Å². The topological polar surface area (TPSA) is 38.1 Å². The molecule has 156 valence electrons. The molecular formula is C25H21ClFN3O. The molecule has 31 heavy (non-hydrogen) atoms. The fraction of sp³-hybridized carbons (Fsp3) is 0.200. The van der Waals surface area contributed by atoms with Gasteiger partial charge in [-0.3, -0.25) is 4.79 Å². The first kappa shape index (κ1) is 19.8. The molecule has 1 fully saturated rings. The lowest BCUT2D eigenvalue weighted by Gasteiger charge is -2.18. The van der Waals surface area contributed by atoms with E-state index in [4.69, 9.17) is 16.6 Å². The molecule has 2 heterocycles. The van der Waals surface area contributed by atoms with Crippen molar-refractivity contribution in [1.29, 1.82) is 0 Å². The highest BCUT2D eigenvalue weighted by atomic mass is 35.5. The first-order chi connectivity index (χ1) is 15.0. The summed E-state index contributed by atoms with van der Waals surface area (Å²) in [4.78, 5) is 19.5. The number of hydrogen-bond donors (Lipinski definition) is 0. The van der Waals surface area contributed by atoms with Gasteiger partial charge in [-0.1, -0.05) is 41.9 Å². The smallest absolute Gasteiger partial charge is 0.227 e. The highest BCUT2D eigenvalue weighted by molar-refractivity contribution is 6.31. The zero-order valence-electron chi connectivity index (χ0n) is 17.1. The number of carbonyl (C=O) groups excluding carboxylic acids is 1. The zero-order chi connectivity index (χ0) is 21.5. The Labute approximate surface area is 184 Å². The Kier molecular flexibility index (Phi) is 4.98. The molecule has 0 radical (unpaired) electrons. The number of fused-ring (bicyclic) bond motifs is 1. The third-order valence-electron chi connectivity index (χ3n) is 5.87. The summed E-state index contributed by atoms with van der Waals surface area (Å²) in [5, 5.41) is 0.382. The molecule has 0 spiro atoms. The number of hydrogen-bond acceptors (Lipinski definition) is 2. The minimum atomic E-state index is -0.347. The van der Waals surface area contributed by atoms with Crippen LogP contribution in [0.1, 0.15) is 29.3 Å². The van der Waals surface area contributed by atoms with Crippen LogP contribution in [0.4, 0.5) is 10.1 Å². The van der Waals surface area contributed by atoms with Gasteiger partial charge in [0.15, 0.2) is 0 Å². The number of rotatable bonds is 4. The fourth-order valence-corrected chi connectivity index (χ4v) is 4.56. The van der Waals surface area contributed by atoms with E-state index in [9.17, 15) is 9.18 Å². The molecule has 1 saturated heterocycles. The van der Waals surface area contributed by atoms with Crippen LogP contribution in [0.15, 0.2) is 66.7 Å². The van der Waals surface area contributed by atoms with E-state index in [2.05, 4.69) is 0 Å². The number of nitrogens with zero attached hydrogens (tertiary/aromatic N) is 3. The molecule has 5 rings (SSSR count). The number of halogens is 2. The number of carbonyl (C=O) groups is 1. The molecule has 4 aromatic rings. The van der Waals surface area contributed by atoms with E-state index >= 15 is 0 Å². The van der Waals surface area contributed by atoms with Crippen molar-refractivity contribution in [2.24, 2.45) is 0 Å². The second-order valence-electron chi connectivity index (χ2n) is 7.99. The van der Waals surface area contributed by atoms with Crippen LogP contribution in [0.2, 0.25) is 5.02 Å². The third kappa shape index (κ3) is 3.59. The molecule has 6 heteroatoms. The van der Waals surface area contributed by atoms with Gasteiger partial charge in [-0.25, -0.2) is 9.37 Å². The van der Waals surface area contributed by atoms with Crippen molar-refractivity contribution in [3.8, 4) is 0 Å². The van der Waals surface area contributed by atoms with Crippen molar-refractivity contribution in [3.63, 3.8) is 0 Å². The van der Waals surface area contributed by atoms with Crippen molar-refractivity contribution in [3.05, 3.63) is 94.5 Å². The SMILES string of the molecule is Cc1cccc(N2CC(c3nc4ccccc4n3Cc3c(F)cccc3Cl)CC2=O)c1. The standard InChI is InChI=1S/C25H21ClFN3O/c1-16-6-4-7-18(12-16)29-14-17(13-24(29)31)25-28-22-10-2-3-11-23(22)30(25)15-19-20(26)8-5-9-21(19)27/h2-12,17H,13-15H2,1H3. The molecule has 0 aliphatic carbocycles. The number of amides is 1. The van der Waals surface area contributed by atoms with Crippen molar-refractivity contribution in [1.82, 2.24) is 9.55 Å². The summed E-state index contributed by atoms with van der Waals surface area (Å²) in [7, 11) is 0. The average Bonchev–Trinajstić information content (AvgIpc) is 3.31. The van der Waals surface area contributed by atoms with E-state index in [1.807, 2.05) is 64.9 Å². The summed E-state index contributed by atoms with van der Waals surface area (Å²) in [6, 6.07) is 20.4. The number of aromatic nitrogens is 2. The minimum Gasteiger partial charge on any atom is -0.323 e. The Balaban J connectivity index is 1.56. The number of aryl methyl sites for hydroxylation is 1. The first-order valence-corrected chi connectivity index (χ1v) is 10.6. The summed E-state index contributed by atoms with van der Waals surface area (Å²) >= 11 is 6.31. The van der Waals surface area contributed by atoms with E-state index in [0.29, 0.717) is 23.6 Å². The van der Waals surface area contributed by atoms with Gasteiger partial charge in [0.1, 0.15) is 11.6 Å². The van der Waals surface area contributed by atoms with Crippen LogP contribution >= 0.6 is 11.6 Å². The maximum atomic E-state index is 14.6. The quantitative estimate of drug-likeness (QED) is 0.413. The number of benzene rings is 3. The van der Waals surface area contributed by atoms with Gasteiger partial charge in [0.25, 0.3) is 0 Å². The Morgan fingerprint density at radius 3 is 2.71 bits per heavy atom. The van der Waals surface area contributed by atoms with Gasteiger partial charge in [-0.15, -0.1) is 0 Å². The summed E-state index contributed by atoms with van der Waals surface area (Å²) in [6.45, 7) is 2.81. The molecule has 0 saturated carbocycles. The maximum absolute atomic E-state index is 14.6. The van der Waals surface area contributed by atoms with E-state index in [-0.39, 0.29) is 24.2 Å². The Morgan fingerprint density at radius 2 is 1.90 bits per heavy atom. The lowest BCUT2D eigenvalue weighted by atomic mass is 10.1. The molecule has 1 aliphatic rings. The van der Waals surface area contributed by atoms with E-state index in [0.717, 1.165) is 28.1 Å². The van der Waals surface area contributed by atoms with Crippen LogP contribution < -0.4 is 4.90 Å². The highest BCUT2D eigenvalue weighted by Gasteiger charge is 2.35. The van der Waals surface area contributed by atoms with Gasteiger partial charge >= 0.3 is 0 Å². The maximum Gasteiger partial charge on any atom is 0.227 e. The van der Waals surface area contributed by atoms with Crippen molar-refractivity contribution in [2.45, 2.75) is 25.8 Å². The minimum absolute atomic E-state index is 0.0677. The summed E-state index contributed by atoms with van der Waals surface area (Å²) in [5.74, 6) is 0.410. The van der Waals surface area contributed by atoms with Gasteiger partial charge in [-0.2, -0.15) is 0 Å². The van der Waals surface area contributed by atoms with Crippen LogP contribution in [-0.2, 0) is 11.3 Å². The number of anilines is 1. The van der Waals surface area contributed by atoms with E-state index < -0.39 is 0 Å². The van der Waals surface area contributed by atoms with Gasteiger partial charge in [0.05, 0.1) is 17.6 Å². The lowest BCUT2D eigenvalue weighted by Crippen LogP contribution is -2.24. The highest BCUT2D eigenvalue weighted by Crippen LogP contribution is 2.34. The largest absolute Gasteiger partial charge is 0.323 e. The zero-order valence-corrected chi connectivity index (χ0v) is 17.8. The van der Waals surface area contributed by atoms with Crippen LogP contribution in [0.25, 0.3) is 11.0 Å². The Bertz CT molecular complexity index is 1280. The predicted octanol–water partition coefficient (Wildman–Crippen LogP) is 5.71. The monoisotopic (exact) mass is 433 g/mol. The normalized spacial score (nSPS) is 16.4. The molecule has 1 unspecified atom stereocenters. The predicted molar refractivity (Wildman–Crippen MR) is 121 cm³/mol. The molecule has 4 nitrogen and oxygen atoms in total. The van der Waals surface area contributed by atoms with Crippen molar-refractivity contribution in [2.75, 3.05) is 11.4 Å². The third-order valence-corrected chi connectivity index (χ3v) is 6.22. The second-order valence-corrected chi connectivity index (χ2v) is 8.40. The van der Waals surface area contributed by atoms with Crippen molar-refractivity contribution < 1.29 is 9.18 Å². The molecule has 3 aromatic carbocycles. The Hall–Kier alpha value is -3.18. The second kappa shape index (κ2) is 7.82. The summed E-state index contributed by atoms with van der Waals surface area (Å²) < 4.78 is 16.6. The number of para-hydroxylation sites is 2. The molecule has 1 atom stereocenters. The molecular weight excluding hydrogens is 413 g/mol. The van der Waals surface area contributed by atoms with Crippen LogP contribution in [0.3, 0.4) is 0 Å². The van der Waals surface area contributed by atoms with E-state index in [1.165, 1.54) is 6.07 Å².